The summed E-state index contributed by atoms with van der Waals surface area (Å²) < 4.78 is 78.2. The second kappa shape index (κ2) is 15.4. The minimum Gasteiger partial charge on any atom is -0.755 e. The molecule has 0 bridgehead atoms. The van der Waals surface area contributed by atoms with Crippen LogP contribution in [0.5, 0.6) is 11.5 Å². The number of hydrogen-bond donors (Lipinski definition) is 0. The second-order valence-corrected chi connectivity index (χ2v) is 15.0. The van der Waals surface area contributed by atoms with Gasteiger partial charge in [-0.05, 0) is 84.7 Å². The molecule has 278 valence electrons. The maximum absolute atomic E-state index is 14.4. The summed E-state index contributed by atoms with van der Waals surface area (Å²) in [6.07, 6.45) is 8.25. The van der Waals surface area contributed by atoms with E-state index in [2.05, 4.69) is 24.9 Å². The van der Waals surface area contributed by atoms with Crippen molar-refractivity contribution < 1.29 is 36.2 Å². The molecule has 0 aliphatic carbocycles. The quantitative estimate of drug-likeness (QED) is 0.234. The predicted octanol–water partition coefficient (Wildman–Crippen LogP) is 5.01. The zero-order chi connectivity index (χ0) is 36.4. The zero-order valence-electron chi connectivity index (χ0n) is 29.2. The topological polar surface area (TPSA) is 132 Å². The number of benzene rings is 1. The Morgan fingerprint density at radius 2 is 1.84 bits per heavy atom. The van der Waals surface area contributed by atoms with E-state index in [0.717, 1.165) is 62.3 Å². The van der Waals surface area contributed by atoms with Crippen LogP contribution >= 0.6 is 0 Å². The zero-order valence-corrected chi connectivity index (χ0v) is 30.0. The van der Waals surface area contributed by atoms with Gasteiger partial charge in [-0.25, -0.2) is 19.0 Å². The van der Waals surface area contributed by atoms with E-state index in [1.54, 1.807) is 11.1 Å². The first-order chi connectivity index (χ1) is 24.3. The Bertz CT molecular complexity index is 1680. The number of alkyl halides is 2. The summed E-state index contributed by atoms with van der Waals surface area (Å²) >= 11 is -2.66. The van der Waals surface area contributed by atoms with Crippen molar-refractivity contribution in [2.45, 2.75) is 84.2 Å². The van der Waals surface area contributed by atoms with Gasteiger partial charge in [-0.15, -0.1) is 0 Å². The predicted molar refractivity (Wildman–Crippen MR) is 183 cm³/mol. The number of rotatable bonds is 12. The summed E-state index contributed by atoms with van der Waals surface area (Å²) in [5.74, 6) is 0.397. The highest BCUT2D eigenvalue weighted by Crippen LogP contribution is 2.45. The van der Waals surface area contributed by atoms with Gasteiger partial charge in [-0.2, -0.15) is 13.9 Å². The van der Waals surface area contributed by atoms with Gasteiger partial charge in [0.25, 0.3) is 5.91 Å². The third-order valence-corrected chi connectivity index (χ3v) is 10.8. The maximum atomic E-state index is 14.4. The number of carbonyl (C=O) groups excluding carboxylic acids is 1. The van der Waals surface area contributed by atoms with Gasteiger partial charge in [-0.3, -0.25) is 13.3 Å². The van der Waals surface area contributed by atoms with Crippen LogP contribution in [0.3, 0.4) is 0 Å². The van der Waals surface area contributed by atoms with E-state index in [0.29, 0.717) is 29.1 Å². The summed E-state index contributed by atoms with van der Waals surface area (Å²) in [5.41, 5.74) is 0.337. The highest BCUT2D eigenvalue weighted by molar-refractivity contribution is 7.80. The lowest BCUT2D eigenvalue weighted by molar-refractivity contribution is -0.0270. The van der Waals surface area contributed by atoms with E-state index in [-0.39, 0.29) is 53.1 Å². The lowest BCUT2D eigenvalue weighted by Crippen LogP contribution is -2.61. The van der Waals surface area contributed by atoms with Crippen LogP contribution in [0.15, 0.2) is 43.1 Å². The second-order valence-electron chi connectivity index (χ2n) is 14.2. The molecule has 3 aromatic rings. The Balaban J connectivity index is 1.02. The number of halogens is 3. The summed E-state index contributed by atoms with van der Waals surface area (Å²) in [7, 11) is 0. The van der Waals surface area contributed by atoms with Crippen molar-refractivity contribution in [3.63, 3.8) is 0 Å². The number of anilines is 2. The maximum Gasteiger partial charge on any atom is 0.333 e. The monoisotopic (exact) mass is 733 g/mol. The molecule has 17 heteroatoms. The Morgan fingerprint density at radius 3 is 2.45 bits per heavy atom. The molecule has 5 heterocycles. The number of likely N-dealkylation sites (tertiary alicyclic amines) is 1. The van der Waals surface area contributed by atoms with Crippen molar-refractivity contribution in [1.29, 1.82) is 0 Å². The van der Waals surface area contributed by atoms with Crippen LogP contribution in [0, 0.1) is 11.2 Å². The molecule has 13 nitrogen and oxygen atoms in total. The fourth-order valence-electron chi connectivity index (χ4n) is 7.52. The lowest BCUT2D eigenvalue weighted by atomic mass is 9.72. The van der Waals surface area contributed by atoms with Crippen LogP contribution in [-0.4, -0.2) is 108 Å². The van der Waals surface area contributed by atoms with Gasteiger partial charge in [0.2, 0.25) is 0 Å². The molecule has 3 aliphatic rings. The van der Waals surface area contributed by atoms with Crippen molar-refractivity contribution in [2.75, 3.05) is 48.5 Å². The highest BCUT2D eigenvalue weighted by atomic mass is 32.2. The molecule has 6 rings (SSSR count). The number of carbonyl (C=O) groups is 1. The van der Waals surface area contributed by atoms with Crippen LogP contribution in [-0.2, 0) is 16.0 Å². The first-order valence-electron chi connectivity index (χ1n) is 17.2. The van der Waals surface area contributed by atoms with E-state index < -0.39 is 29.7 Å². The van der Waals surface area contributed by atoms with Crippen molar-refractivity contribution in [1.82, 2.24) is 29.5 Å². The van der Waals surface area contributed by atoms with Gasteiger partial charge in [0.1, 0.15) is 17.9 Å². The Morgan fingerprint density at radius 1 is 1.12 bits per heavy atom. The summed E-state index contributed by atoms with van der Waals surface area (Å²) in [6, 6.07) is 3.26. The van der Waals surface area contributed by atoms with Gasteiger partial charge in [0.05, 0.1) is 48.6 Å². The molecule has 0 radical (unpaired) electrons. The fraction of sp³-hybridized carbons (Fsp3) is 0.588. The minimum absolute atomic E-state index is 0.0592. The van der Waals surface area contributed by atoms with Crippen LogP contribution in [0.25, 0.3) is 0 Å². The average molecular weight is 734 g/mol. The summed E-state index contributed by atoms with van der Waals surface area (Å²) in [5, 5.41) is 3.56. The molecule has 2 aromatic heterocycles. The number of nitrogens with zero attached hydrogens (tertiary/aromatic N) is 8. The molecule has 1 unspecified atom stereocenters. The van der Waals surface area contributed by atoms with Crippen molar-refractivity contribution >= 4 is 28.7 Å². The van der Waals surface area contributed by atoms with E-state index in [1.165, 1.54) is 24.5 Å². The smallest absolute Gasteiger partial charge is 0.333 e. The fourth-order valence-corrected chi connectivity index (χ4v) is 8.19. The van der Waals surface area contributed by atoms with Gasteiger partial charge >= 0.3 is 6.55 Å². The molecule has 1 amide bonds. The van der Waals surface area contributed by atoms with Gasteiger partial charge < -0.3 is 28.7 Å². The first-order valence-corrected chi connectivity index (χ1v) is 18.3. The molecule has 51 heavy (non-hydrogen) atoms. The minimum atomic E-state index is -2.86. The molecular weight excluding hydrogens is 689 g/mol. The molecule has 3 atom stereocenters. The molecule has 3 saturated heterocycles. The van der Waals surface area contributed by atoms with E-state index in [1.807, 2.05) is 27.7 Å². The summed E-state index contributed by atoms with van der Waals surface area (Å²) in [4.78, 5) is 28.4. The molecule has 1 aromatic carbocycles. The summed E-state index contributed by atoms with van der Waals surface area (Å²) in [6.45, 7) is 9.04. The standard InChI is InChI=1S/C34H45F3N8O5S/c1-22(2)44(23(3)4)32(46)28-13-24(35)5-8-29(28)50-30-15-38-21-39-31(30)42-19-34(20-42)9-11-41(12-10-34)17-27-7-6-25(18-49-27)45(51(47)48)26-14-40-43(16-26)33(36)37/h5,8,13-16,21-23,25,27,33H,6-7,9-12,17-20H2,1-4H3,(H,47,48)/p-1/t25-,27+/m1/s1. The van der Waals surface area contributed by atoms with E-state index >= 15 is 0 Å². The van der Waals surface area contributed by atoms with Crippen molar-refractivity contribution in [3.8, 4) is 11.5 Å². The average Bonchev–Trinajstić information content (AvgIpc) is 3.56. The molecule has 0 saturated carbocycles. The number of amides is 1. The SMILES string of the molecule is CC(C)N(C(=O)c1cc(F)ccc1Oc1cncnc1N1CC2(CCN(C[C@@H]3CC[C@@H](N(c4cnn(C(F)F)c4)S(=O)[O-])CO3)CC2)C1)C(C)C. The Labute approximate surface area is 298 Å². The first kappa shape index (κ1) is 37.0. The largest absolute Gasteiger partial charge is 0.755 e. The van der Waals surface area contributed by atoms with Crippen LogP contribution in [0.1, 0.15) is 70.3 Å². The van der Waals surface area contributed by atoms with Gasteiger partial charge in [0, 0.05) is 48.4 Å². The highest BCUT2D eigenvalue weighted by Gasteiger charge is 2.46. The third kappa shape index (κ3) is 8.16. The number of piperidine rings is 1. The van der Waals surface area contributed by atoms with Crippen LogP contribution < -0.4 is 13.9 Å². The van der Waals surface area contributed by atoms with Crippen LogP contribution in [0.2, 0.25) is 0 Å². The van der Waals surface area contributed by atoms with E-state index in [9.17, 15) is 26.7 Å². The van der Waals surface area contributed by atoms with E-state index in [4.69, 9.17) is 9.47 Å². The van der Waals surface area contributed by atoms with Crippen LogP contribution in [0.4, 0.5) is 24.7 Å². The molecule has 3 fully saturated rings. The van der Waals surface area contributed by atoms with Gasteiger partial charge in [0.15, 0.2) is 11.6 Å². The molecule has 0 N–H and O–H groups in total. The van der Waals surface area contributed by atoms with Crippen molar-refractivity contribution in [2.24, 2.45) is 5.41 Å². The molecular formula is C34H44F3N8O5S-. The lowest BCUT2D eigenvalue weighted by Gasteiger charge is -2.54. The Kier molecular flexibility index (Phi) is 11.2. The number of aromatic nitrogens is 4. The molecule has 3 aliphatic heterocycles. The Hall–Kier alpha value is -3.80. The number of hydrogen-bond acceptors (Lipinski definition) is 10. The van der Waals surface area contributed by atoms with Gasteiger partial charge in [-0.1, -0.05) is 0 Å². The normalized spacial score (nSPS) is 21.3. The van der Waals surface area contributed by atoms with Crippen molar-refractivity contribution in [3.05, 3.63) is 54.5 Å². The third-order valence-electron chi connectivity index (χ3n) is 10.0. The molecule has 1 spiro atoms. The number of ether oxygens (including phenoxy) is 2.